The highest BCUT2D eigenvalue weighted by Crippen LogP contribution is 2.15. The monoisotopic (exact) mass is 195 g/mol. The second-order valence-corrected chi connectivity index (χ2v) is 3.60. The third kappa shape index (κ3) is 3.51. The van der Waals surface area contributed by atoms with Crippen molar-refractivity contribution in [3.8, 4) is 0 Å². The van der Waals surface area contributed by atoms with E-state index in [2.05, 4.69) is 0 Å². The zero-order valence-electron chi connectivity index (χ0n) is 7.45. The number of aliphatic carboxylic acids is 1. The Hall–Kier alpha value is -0.960. The van der Waals surface area contributed by atoms with Gasteiger partial charge in [0, 0.05) is 10.9 Å². The Bertz CT molecular complexity index is 279. The average molecular weight is 195 g/mol. The molecule has 0 heterocycles. The van der Waals surface area contributed by atoms with Crippen molar-refractivity contribution in [1.29, 1.82) is 0 Å². The molecule has 0 aromatic heterocycles. The molecule has 0 saturated heterocycles. The van der Waals surface area contributed by atoms with Crippen molar-refractivity contribution in [2.45, 2.75) is 17.7 Å². The highest BCUT2D eigenvalue weighted by Gasteiger charge is 1.94. The van der Waals surface area contributed by atoms with Crippen LogP contribution in [0.5, 0.6) is 0 Å². The van der Waals surface area contributed by atoms with Crippen molar-refractivity contribution >= 4 is 17.7 Å². The van der Waals surface area contributed by atoms with Crippen molar-refractivity contribution < 1.29 is 9.90 Å². The Kier molecular flexibility index (Phi) is 3.83. The van der Waals surface area contributed by atoms with Crippen LogP contribution in [0, 0.1) is 0 Å². The van der Waals surface area contributed by atoms with Crippen LogP contribution < -0.4 is 5.11 Å². The summed E-state index contributed by atoms with van der Waals surface area (Å²) < 4.78 is 0. The van der Waals surface area contributed by atoms with Gasteiger partial charge in [-0.05, 0) is 36.8 Å². The number of benzene rings is 1. The molecule has 0 radical (unpaired) electrons. The summed E-state index contributed by atoms with van der Waals surface area (Å²) in [4.78, 5) is 11.4. The van der Waals surface area contributed by atoms with E-state index >= 15 is 0 Å². The van der Waals surface area contributed by atoms with Gasteiger partial charge in [-0.25, -0.2) is 0 Å². The molecular weight excluding hydrogens is 184 g/mol. The van der Waals surface area contributed by atoms with Crippen LogP contribution in [0.25, 0.3) is 0 Å². The zero-order valence-corrected chi connectivity index (χ0v) is 8.26. The number of thioether (sulfide) groups is 1. The third-order valence-corrected chi connectivity index (χ3v) is 2.52. The molecular formula is C10H11O2S-. The highest BCUT2D eigenvalue weighted by molar-refractivity contribution is 7.98. The van der Waals surface area contributed by atoms with Crippen LogP contribution in [0.2, 0.25) is 0 Å². The van der Waals surface area contributed by atoms with E-state index in [0.29, 0.717) is 6.42 Å². The minimum absolute atomic E-state index is 0.0958. The van der Waals surface area contributed by atoms with Gasteiger partial charge in [-0.1, -0.05) is 12.1 Å². The first-order valence-electron chi connectivity index (χ1n) is 4.05. The van der Waals surface area contributed by atoms with Crippen molar-refractivity contribution in [2.24, 2.45) is 0 Å². The number of hydrogen-bond acceptors (Lipinski definition) is 3. The smallest absolute Gasteiger partial charge is 0.0417 e. The van der Waals surface area contributed by atoms with Gasteiger partial charge >= 0.3 is 0 Å². The van der Waals surface area contributed by atoms with Gasteiger partial charge in [0.05, 0.1) is 0 Å². The standard InChI is InChI=1S/C10H12O2S/c1-13-9-5-2-8(3-6-9)4-7-10(11)12/h2-3,5-6H,4,7H2,1H3,(H,11,12)/p-1. The van der Waals surface area contributed by atoms with Crippen LogP contribution in [-0.2, 0) is 11.2 Å². The van der Waals surface area contributed by atoms with Crippen molar-refractivity contribution in [3.63, 3.8) is 0 Å². The first kappa shape index (κ1) is 10.1. The minimum atomic E-state index is -0.992. The molecule has 0 atom stereocenters. The number of carboxylic acid groups (broad SMARTS) is 1. The summed E-state index contributed by atoms with van der Waals surface area (Å²) in [7, 11) is 0. The van der Waals surface area contributed by atoms with E-state index in [-0.39, 0.29) is 6.42 Å². The summed E-state index contributed by atoms with van der Waals surface area (Å²) >= 11 is 1.67. The maximum atomic E-state index is 10.2. The number of carbonyl (C=O) groups excluding carboxylic acids is 1. The molecule has 13 heavy (non-hydrogen) atoms. The molecule has 3 heteroatoms. The summed E-state index contributed by atoms with van der Waals surface area (Å²) in [6, 6.07) is 7.90. The summed E-state index contributed by atoms with van der Waals surface area (Å²) in [6.07, 6.45) is 2.66. The van der Waals surface area contributed by atoms with Crippen LogP contribution in [0.15, 0.2) is 29.2 Å². The Morgan fingerprint density at radius 1 is 1.38 bits per heavy atom. The van der Waals surface area contributed by atoms with Gasteiger partial charge in [-0.15, -0.1) is 11.8 Å². The lowest BCUT2D eigenvalue weighted by molar-refractivity contribution is -0.305. The number of carbonyl (C=O) groups is 1. The second-order valence-electron chi connectivity index (χ2n) is 2.72. The maximum Gasteiger partial charge on any atom is 0.0417 e. The lowest BCUT2D eigenvalue weighted by atomic mass is 10.1. The van der Waals surface area contributed by atoms with Gasteiger partial charge in [0.25, 0.3) is 0 Å². The number of rotatable bonds is 4. The third-order valence-electron chi connectivity index (χ3n) is 1.78. The molecule has 0 bridgehead atoms. The zero-order chi connectivity index (χ0) is 9.68. The fraction of sp³-hybridized carbons (Fsp3) is 0.300. The first-order chi connectivity index (χ1) is 6.22. The number of hydrogen-bond donors (Lipinski definition) is 0. The molecule has 0 saturated carbocycles. The highest BCUT2D eigenvalue weighted by atomic mass is 32.2. The van der Waals surface area contributed by atoms with E-state index in [1.54, 1.807) is 11.8 Å². The lowest BCUT2D eigenvalue weighted by Crippen LogP contribution is -2.22. The van der Waals surface area contributed by atoms with Gasteiger partial charge in [-0.3, -0.25) is 0 Å². The molecule has 0 aliphatic heterocycles. The van der Waals surface area contributed by atoms with E-state index in [1.807, 2.05) is 30.5 Å². The number of aryl methyl sites for hydroxylation is 1. The molecule has 0 amide bonds. The van der Waals surface area contributed by atoms with Crippen molar-refractivity contribution in [2.75, 3.05) is 6.26 Å². The number of carboxylic acids is 1. The molecule has 0 spiro atoms. The SMILES string of the molecule is CSc1ccc(CCC(=O)[O-])cc1. The fourth-order valence-corrected chi connectivity index (χ4v) is 1.45. The fourth-order valence-electron chi connectivity index (χ4n) is 1.04. The summed E-state index contributed by atoms with van der Waals surface area (Å²) in [6.45, 7) is 0. The molecule has 0 unspecified atom stereocenters. The molecule has 0 aliphatic rings. The van der Waals surface area contributed by atoms with E-state index in [1.165, 1.54) is 4.90 Å². The molecule has 0 aliphatic carbocycles. The van der Waals surface area contributed by atoms with Crippen molar-refractivity contribution in [3.05, 3.63) is 29.8 Å². The van der Waals surface area contributed by atoms with Gasteiger partial charge in [0.1, 0.15) is 0 Å². The normalized spacial score (nSPS) is 9.92. The van der Waals surface area contributed by atoms with Crippen LogP contribution in [0.1, 0.15) is 12.0 Å². The quantitative estimate of drug-likeness (QED) is 0.675. The predicted molar refractivity (Wildman–Crippen MR) is 51.6 cm³/mol. The average Bonchev–Trinajstić information content (AvgIpc) is 2.15. The molecule has 0 N–H and O–H groups in total. The molecule has 0 fully saturated rings. The Balaban J connectivity index is 2.54. The van der Waals surface area contributed by atoms with Gasteiger partial charge < -0.3 is 9.90 Å². The molecule has 2 nitrogen and oxygen atoms in total. The lowest BCUT2D eigenvalue weighted by Gasteiger charge is -2.03. The second kappa shape index (κ2) is 4.92. The van der Waals surface area contributed by atoms with Crippen LogP contribution in [-0.4, -0.2) is 12.2 Å². The molecule has 1 aromatic carbocycles. The van der Waals surface area contributed by atoms with E-state index in [9.17, 15) is 9.90 Å². The van der Waals surface area contributed by atoms with Crippen LogP contribution in [0.3, 0.4) is 0 Å². The topological polar surface area (TPSA) is 40.1 Å². The summed E-state index contributed by atoms with van der Waals surface area (Å²) in [5, 5.41) is 10.2. The Morgan fingerprint density at radius 3 is 2.46 bits per heavy atom. The molecule has 70 valence electrons. The Morgan fingerprint density at radius 2 is 2.00 bits per heavy atom. The van der Waals surface area contributed by atoms with Crippen LogP contribution >= 0.6 is 11.8 Å². The Labute approximate surface area is 82.0 Å². The summed E-state index contributed by atoms with van der Waals surface area (Å²) in [5.41, 5.74) is 1.04. The van der Waals surface area contributed by atoms with E-state index in [0.717, 1.165) is 5.56 Å². The molecule has 1 rings (SSSR count). The van der Waals surface area contributed by atoms with Crippen LogP contribution in [0.4, 0.5) is 0 Å². The predicted octanol–water partition coefficient (Wildman–Crippen LogP) is 1.09. The first-order valence-corrected chi connectivity index (χ1v) is 5.27. The minimum Gasteiger partial charge on any atom is -0.550 e. The van der Waals surface area contributed by atoms with Gasteiger partial charge in [0.2, 0.25) is 0 Å². The van der Waals surface area contributed by atoms with E-state index in [4.69, 9.17) is 0 Å². The van der Waals surface area contributed by atoms with Crippen molar-refractivity contribution in [1.82, 2.24) is 0 Å². The summed E-state index contributed by atoms with van der Waals surface area (Å²) in [5.74, 6) is -0.992. The van der Waals surface area contributed by atoms with Gasteiger partial charge in [-0.2, -0.15) is 0 Å². The molecule has 1 aromatic rings. The maximum absolute atomic E-state index is 10.2. The van der Waals surface area contributed by atoms with E-state index < -0.39 is 5.97 Å². The largest absolute Gasteiger partial charge is 0.550 e. The van der Waals surface area contributed by atoms with Gasteiger partial charge in [0.15, 0.2) is 0 Å².